The molecule has 0 unspecified atom stereocenters. The van der Waals surface area contributed by atoms with Crippen LogP contribution in [-0.2, 0) is 6.42 Å². The van der Waals surface area contributed by atoms with Gasteiger partial charge in [0.05, 0.1) is 13.5 Å². The maximum absolute atomic E-state index is 5.13. The Morgan fingerprint density at radius 2 is 2.06 bits per heavy atom. The number of methoxy groups -OCH3 is 1. The van der Waals surface area contributed by atoms with Crippen molar-refractivity contribution >= 4 is 0 Å². The van der Waals surface area contributed by atoms with Crippen molar-refractivity contribution in [3.05, 3.63) is 41.5 Å². The minimum atomic E-state index is 0.626. The van der Waals surface area contributed by atoms with Crippen LogP contribution in [0.5, 0.6) is 5.75 Å². The third kappa shape index (κ3) is 3.90. The maximum Gasteiger partial charge on any atom is 0.231 e. The van der Waals surface area contributed by atoms with Crippen LogP contribution in [0.25, 0.3) is 0 Å². The van der Waals surface area contributed by atoms with Gasteiger partial charge in [0.25, 0.3) is 0 Å². The molecule has 92 valence electrons. The van der Waals surface area contributed by atoms with Crippen molar-refractivity contribution in [1.29, 1.82) is 0 Å². The third-order valence-electron chi connectivity index (χ3n) is 2.06. The fourth-order valence-electron chi connectivity index (χ4n) is 1.37. The second kappa shape index (κ2) is 6.68. The second-order valence-corrected chi connectivity index (χ2v) is 3.26. The largest absolute Gasteiger partial charge is 0.497 e. The smallest absolute Gasteiger partial charge is 0.231 e. The lowest BCUT2D eigenvalue weighted by atomic mass is 10.1. The molecule has 0 amide bonds. The van der Waals surface area contributed by atoms with E-state index in [4.69, 9.17) is 9.26 Å². The first-order chi connectivity index (χ1) is 8.28. The van der Waals surface area contributed by atoms with E-state index in [0.717, 1.165) is 11.3 Å². The van der Waals surface area contributed by atoms with Gasteiger partial charge in [0.2, 0.25) is 5.89 Å². The van der Waals surface area contributed by atoms with Crippen LogP contribution in [0.1, 0.15) is 31.1 Å². The van der Waals surface area contributed by atoms with Crippen LogP contribution >= 0.6 is 0 Å². The van der Waals surface area contributed by atoms with E-state index in [1.807, 2.05) is 38.1 Å². The summed E-state index contributed by atoms with van der Waals surface area (Å²) in [6, 6.07) is 7.81. The van der Waals surface area contributed by atoms with Gasteiger partial charge in [-0.15, -0.1) is 0 Å². The molecular formula is C13H18N2O2. The van der Waals surface area contributed by atoms with Crippen LogP contribution in [0.4, 0.5) is 0 Å². The summed E-state index contributed by atoms with van der Waals surface area (Å²) in [4.78, 5) is 4.14. The van der Waals surface area contributed by atoms with Crippen molar-refractivity contribution < 1.29 is 9.26 Å². The molecule has 0 bridgehead atoms. The summed E-state index contributed by atoms with van der Waals surface area (Å²) < 4.78 is 10.2. The van der Waals surface area contributed by atoms with Gasteiger partial charge in [0.15, 0.2) is 5.82 Å². The normalized spacial score (nSPS) is 9.41. The summed E-state index contributed by atoms with van der Waals surface area (Å²) in [6.45, 7) is 5.80. The van der Waals surface area contributed by atoms with Crippen LogP contribution in [0, 0.1) is 6.92 Å². The summed E-state index contributed by atoms with van der Waals surface area (Å²) in [7, 11) is 1.65. The fraction of sp³-hybridized carbons (Fsp3) is 0.385. The number of aromatic nitrogens is 2. The Balaban J connectivity index is 0.000000686. The van der Waals surface area contributed by atoms with Crippen molar-refractivity contribution in [3.8, 4) is 5.75 Å². The molecule has 0 aliphatic heterocycles. The first-order valence-electron chi connectivity index (χ1n) is 5.70. The molecule has 1 aromatic carbocycles. The maximum atomic E-state index is 5.13. The minimum absolute atomic E-state index is 0.626. The Labute approximate surface area is 102 Å². The lowest BCUT2D eigenvalue weighted by molar-refractivity contribution is 0.380. The Kier molecular flexibility index (Phi) is 5.20. The fourth-order valence-corrected chi connectivity index (χ4v) is 1.37. The lowest BCUT2D eigenvalue weighted by Gasteiger charge is -2.01. The second-order valence-electron chi connectivity index (χ2n) is 3.26. The van der Waals surface area contributed by atoms with Crippen LogP contribution in [0.2, 0.25) is 0 Å². The van der Waals surface area contributed by atoms with E-state index in [-0.39, 0.29) is 0 Å². The van der Waals surface area contributed by atoms with Crippen LogP contribution in [0.3, 0.4) is 0 Å². The number of ether oxygens (including phenoxy) is 1. The van der Waals surface area contributed by atoms with Gasteiger partial charge >= 0.3 is 0 Å². The zero-order chi connectivity index (χ0) is 12.7. The average Bonchev–Trinajstić information content (AvgIpc) is 2.77. The summed E-state index contributed by atoms with van der Waals surface area (Å²) in [5.41, 5.74) is 1.10. The molecule has 0 radical (unpaired) electrons. The van der Waals surface area contributed by atoms with E-state index < -0.39 is 0 Å². The highest BCUT2D eigenvalue weighted by Crippen LogP contribution is 2.15. The topological polar surface area (TPSA) is 48.2 Å². The van der Waals surface area contributed by atoms with Crippen molar-refractivity contribution in [2.75, 3.05) is 7.11 Å². The molecule has 0 saturated carbocycles. The SMILES string of the molecule is CC.COc1cccc(Cc2nc(C)no2)c1. The number of hydrogen-bond donors (Lipinski definition) is 0. The molecule has 1 heterocycles. The molecular weight excluding hydrogens is 216 g/mol. The highest BCUT2D eigenvalue weighted by molar-refractivity contribution is 5.29. The van der Waals surface area contributed by atoms with Gasteiger partial charge in [0, 0.05) is 0 Å². The van der Waals surface area contributed by atoms with Gasteiger partial charge < -0.3 is 9.26 Å². The third-order valence-corrected chi connectivity index (χ3v) is 2.06. The quantitative estimate of drug-likeness (QED) is 0.819. The van der Waals surface area contributed by atoms with Crippen LogP contribution in [0.15, 0.2) is 28.8 Å². The predicted octanol–water partition coefficient (Wildman–Crippen LogP) is 3.00. The molecule has 2 aromatic rings. The summed E-state index contributed by atoms with van der Waals surface area (Å²) >= 11 is 0. The van der Waals surface area contributed by atoms with Crippen molar-refractivity contribution in [2.24, 2.45) is 0 Å². The molecule has 4 nitrogen and oxygen atoms in total. The van der Waals surface area contributed by atoms with E-state index in [1.54, 1.807) is 14.0 Å². The monoisotopic (exact) mass is 234 g/mol. The highest BCUT2D eigenvalue weighted by atomic mass is 16.5. The molecule has 2 rings (SSSR count). The molecule has 17 heavy (non-hydrogen) atoms. The van der Waals surface area contributed by atoms with Crippen LogP contribution < -0.4 is 4.74 Å². The Morgan fingerprint density at radius 3 is 2.65 bits per heavy atom. The Bertz CT molecular complexity index is 452. The van der Waals surface area contributed by atoms with Gasteiger partial charge in [-0.25, -0.2) is 0 Å². The molecule has 0 saturated heterocycles. The zero-order valence-corrected chi connectivity index (χ0v) is 10.7. The molecule has 0 N–H and O–H groups in total. The van der Waals surface area contributed by atoms with Crippen LogP contribution in [-0.4, -0.2) is 17.3 Å². The molecule has 0 atom stereocenters. The number of benzene rings is 1. The Morgan fingerprint density at radius 1 is 1.29 bits per heavy atom. The first-order valence-corrected chi connectivity index (χ1v) is 5.70. The van der Waals surface area contributed by atoms with Crippen molar-refractivity contribution in [3.63, 3.8) is 0 Å². The van der Waals surface area contributed by atoms with E-state index in [0.29, 0.717) is 18.1 Å². The van der Waals surface area contributed by atoms with Gasteiger partial charge in [-0.3, -0.25) is 0 Å². The standard InChI is InChI=1S/C11H12N2O2.C2H6/c1-8-12-11(15-13-8)7-9-4-3-5-10(6-9)14-2;1-2/h3-6H,7H2,1-2H3;1-2H3. The molecule has 0 aliphatic rings. The van der Waals surface area contributed by atoms with Gasteiger partial charge in [-0.2, -0.15) is 4.98 Å². The van der Waals surface area contributed by atoms with Crippen molar-refractivity contribution in [1.82, 2.24) is 10.1 Å². The van der Waals surface area contributed by atoms with E-state index in [2.05, 4.69) is 10.1 Å². The molecule has 0 aliphatic carbocycles. The highest BCUT2D eigenvalue weighted by Gasteiger charge is 2.04. The van der Waals surface area contributed by atoms with E-state index in [9.17, 15) is 0 Å². The molecule has 4 heteroatoms. The average molecular weight is 234 g/mol. The number of aryl methyl sites for hydroxylation is 1. The minimum Gasteiger partial charge on any atom is -0.497 e. The number of nitrogens with zero attached hydrogens (tertiary/aromatic N) is 2. The first kappa shape index (κ1) is 13.2. The predicted molar refractivity (Wildman–Crippen MR) is 66.2 cm³/mol. The van der Waals surface area contributed by atoms with Gasteiger partial charge in [-0.05, 0) is 24.6 Å². The summed E-state index contributed by atoms with van der Waals surface area (Å²) in [5, 5.41) is 3.74. The molecule has 0 spiro atoms. The van der Waals surface area contributed by atoms with Gasteiger partial charge in [0.1, 0.15) is 5.75 Å². The van der Waals surface area contributed by atoms with Gasteiger partial charge in [-0.1, -0.05) is 31.1 Å². The van der Waals surface area contributed by atoms with E-state index in [1.165, 1.54) is 0 Å². The number of hydrogen-bond acceptors (Lipinski definition) is 4. The number of rotatable bonds is 3. The molecule has 1 aromatic heterocycles. The lowest BCUT2D eigenvalue weighted by Crippen LogP contribution is -1.90. The molecule has 0 fully saturated rings. The van der Waals surface area contributed by atoms with Crippen molar-refractivity contribution in [2.45, 2.75) is 27.2 Å². The zero-order valence-electron chi connectivity index (χ0n) is 10.7. The summed E-state index contributed by atoms with van der Waals surface area (Å²) in [5.74, 6) is 2.12. The van der Waals surface area contributed by atoms with E-state index >= 15 is 0 Å². The Hall–Kier alpha value is -1.84. The summed E-state index contributed by atoms with van der Waals surface area (Å²) in [6.07, 6.45) is 0.637.